The maximum Gasteiger partial charge on any atom is 0.247 e. The van der Waals surface area contributed by atoms with Crippen molar-refractivity contribution >= 4 is 17.7 Å². The number of nitrogens with two attached hydrogens (primary N) is 2. The third kappa shape index (κ3) is 5.14. The average molecular weight is 300 g/mol. The molecule has 1 rings (SSSR count). The number of amides is 3. The fraction of sp³-hybridized carbons (Fsp3) is 0.583. The van der Waals surface area contributed by atoms with Gasteiger partial charge in [-0.1, -0.05) is 6.08 Å². The number of aliphatic hydroxyl groups is 2. The van der Waals surface area contributed by atoms with E-state index in [4.69, 9.17) is 11.5 Å². The van der Waals surface area contributed by atoms with Gasteiger partial charge < -0.3 is 32.3 Å². The zero-order chi connectivity index (χ0) is 16.0. The van der Waals surface area contributed by atoms with E-state index in [2.05, 4.69) is 10.6 Å². The summed E-state index contributed by atoms with van der Waals surface area (Å²) in [4.78, 5) is 33.9. The Morgan fingerprint density at radius 3 is 2.57 bits per heavy atom. The predicted molar refractivity (Wildman–Crippen MR) is 72.5 cm³/mol. The highest BCUT2D eigenvalue weighted by atomic mass is 16.3. The molecule has 8 N–H and O–H groups in total. The van der Waals surface area contributed by atoms with Gasteiger partial charge in [-0.15, -0.1) is 0 Å². The van der Waals surface area contributed by atoms with E-state index in [1.165, 1.54) is 6.08 Å². The second-order valence-corrected chi connectivity index (χ2v) is 4.73. The summed E-state index contributed by atoms with van der Waals surface area (Å²) < 4.78 is 0. The third-order valence-corrected chi connectivity index (χ3v) is 2.99. The summed E-state index contributed by atoms with van der Waals surface area (Å²) in [5.41, 5.74) is 10.3. The van der Waals surface area contributed by atoms with Crippen LogP contribution in [-0.2, 0) is 14.4 Å². The molecule has 0 aromatic rings. The quantitative estimate of drug-likeness (QED) is 0.297. The van der Waals surface area contributed by atoms with Gasteiger partial charge in [0.1, 0.15) is 6.10 Å². The Labute approximate surface area is 121 Å². The molecule has 0 aromatic carbocycles. The van der Waals surface area contributed by atoms with Crippen LogP contribution in [0.5, 0.6) is 0 Å². The third-order valence-electron chi connectivity index (χ3n) is 2.99. The lowest BCUT2D eigenvalue weighted by atomic mass is 9.90. The molecule has 3 atom stereocenters. The first-order valence-electron chi connectivity index (χ1n) is 6.48. The Morgan fingerprint density at radius 1 is 1.33 bits per heavy atom. The van der Waals surface area contributed by atoms with Crippen LogP contribution in [0.4, 0.5) is 0 Å². The normalized spacial score (nSPS) is 24.9. The van der Waals surface area contributed by atoms with E-state index in [0.29, 0.717) is 0 Å². The highest BCUT2D eigenvalue weighted by Crippen LogP contribution is 2.19. The first-order valence-corrected chi connectivity index (χ1v) is 6.48. The Kier molecular flexibility index (Phi) is 6.28. The molecular formula is C12H20N4O5. The summed E-state index contributed by atoms with van der Waals surface area (Å²) in [5.74, 6) is -1.69. The summed E-state index contributed by atoms with van der Waals surface area (Å²) >= 11 is 0. The van der Waals surface area contributed by atoms with E-state index in [9.17, 15) is 24.6 Å². The van der Waals surface area contributed by atoms with Crippen molar-refractivity contribution in [2.75, 3.05) is 13.1 Å². The van der Waals surface area contributed by atoms with E-state index < -0.39 is 36.0 Å². The highest BCUT2D eigenvalue weighted by molar-refractivity contribution is 5.96. The molecule has 0 aliphatic heterocycles. The van der Waals surface area contributed by atoms with Gasteiger partial charge in [0.05, 0.1) is 18.7 Å². The molecule has 1 aliphatic rings. The minimum Gasteiger partial charge on any atom is -0.390 e. The lowest BCUT2D eigenvalue weighted by Crippen LogP contribution is -2.51. The molecule has 0 fully saturated rings. The lowest BCUT2D eigenvalue weighted by Gasteiger charge is -2.31. The van der Waals surface area contributed by atoms with Crippen LogP contribution in [0.25, 0.3) is 0 Å². The number of nitrogens with one attached hydrogen (secondary N) is 2. The molecule has 21 heavy (non-hydrogen) atoms. The lowest BCUT2D eigenvalue weighted by molar-refractivity contribution is -0.124. The summed E-state index contributed by atoms with van der Waals surface area (Å²) in [5, 5.41) is 24.3. The monoisotopic (exact) mass is 300 g/mol. The van der Waals surface area contributed by atoms with E-state index >= 15 is 0 Å². The van der Waals surface area contributed by atoms with Gasteiger partial charge in [0, 0.05) is 25.0 Å². The van der Waals surface area contributed by atoms with Crippen LogP contribution in [0.3, 0.4) is 0 Å². The van der Waals surface area contributed by atoms with Gasteiger partial charge in [-0.2, -0.15) is 0 Å². The molecule has 0 unspecified atom stereocenters. The molecule has 3 amide bonds. The molecule has 9 nitrogen and oxygen atoms in total. The fourth-order valence-electron chi connectivity index (χ4n) is 1.93. The number of carbonyl (C=O) groups is 3. The molecule has 1 aliphatic carbocycles. The van der Waals surface area contributed by atoms with Crippen LogP contribution in [0.1, 0.15) is 12.8 Å². The van der Waals surface area contributed by atoms with Crippen LogP contribution < -0.4 is 22.1 Å². The van der Waals surface area contributed by atoms with Crippen molar-refractivity contribution in [3.63, 3.8) is 0 Å². The maximum absolute atomic E-state index is 11.8. The maximum atomic E-state index is 11.8. The molecular weight excluding hydrogens is 280 g/mol. The van der Waals surface area contributed by atoms with Gasteiger partial charge in [0.2, 0.25) is 17.7 Å². The Hall–Kier alpha value is -1.97. The predicted octanol–water partition coefficient (Wildman–Crippen LogP) is -3.53. The smallest absolute Gasteiger partial charge is 0.247 e. The summed E-state index contributed by atoms with van der Waals surface area (Å²) in [6.45, 7) is -0.189. The van der Waals surface area contributed by atoms with Crippen molar-refractivity contribution in [3.8, 4) is 0 Å². The molecule has 0 spiro atoms. The highest BCUT2D eigenvalue weighted by Gasteiger charge is 2.33. The molecule has 0 aromatic heterocycles. The van der Waals surface area contributed by atoms with E-state index in [1.54, 1.807) is 0 Å². The molecule has 0 saturated carbocycles. The van der Waals surface area contributed by atoms with Crippen molar-refractivity contribution in [3.05, 3.63) is 11.6 Å². The van der Waals surface area contributed by atoms with Crippen LogP contribution in [0.2, 0.25) is 0 Å². The van der Waals surface area contributed by atoms with Gasteiger partial charge in [-0.25, -0.2) is 0 Å². The van der Waals surface area contributed by atoms with Crippen LogP contribution in [0.15, 0.2) is 11.6 Å². The Morgan fingerprint density at radius 2 is 2.00 bits per heavy atom. The summed E-state index contributed by atoms with van der Waals surface area (Å²) in [6.07, 6.45) is -1.10. The van der Waals surface area contributed by atoms with Gasteiger partial charge in [0.25, 0.3) is 0 Å². The first kappa shape index (κ1) is 17.1. The zero-order valence-corrected chi connectivity index (χ0v) is 11.4. The number of carbonyl (C=O) groups excluding carboxylic acids is 3. The molecule has 0 radical (unpaired) electrons. The minimum atomic E-state index is -1.22. The van der Waals surface area contributed by atoms with Crippen LogP contribution in [-0.4, -0.2) is 59.3 Å². The van der Waals surface area contributed by atoms with Gasteiger partial charge in [0.15, 0.2) is 0 Å². The van der Waals surface area contributed by atoms with Gasteiger partial charge >= 0.3 is 0 Å². The SMILES string of the molecule is NCCC(=O)N[C@@H]1C=C(C(=O)NCC(N)=O)C[C@@H](O)[C@@H]1O. The second-order valence-electron chi connectivity index (χ2n) is 4.73. The molecule has 118 valence electrons. The molecule has 0 heterocycles. The standard InChI is InChI=1S/C12H20N4O5/c13-2-1-10(19)16-7-3-6(4-8(17)11(7)20)12(21)15-5-9(14)18/h3,7-8,11,17,20H,1-2,4-5,13H2,(H2,14,18)(H,15,21)(H,16,19)/t7-,8-,11-/m1/s1. The largest absolute Gasteiger partial charge is 0.390 e. The van der Waals surface area contributed by atoms with E-state index in [1.807, 2.05) is 0 Å². The van der Waals surface area contributed by atoms with Crippen LogP contribution >= 0.6 is 0 Å². The fourth-order valence-corrected chi connectivity index (χ4v) is 1.93. The second kappa shape index (κ2) is 7.72. The van der Waals surface area contributed by atoms with E-state index in [-0.39, 0.29) is 31.5 Å². The number of hydrogen-bond acceptors (Lipinski definition) is 6. The van der Waals surface area contributed by atoms with Crippen LogP contribution in [0, 0.1) is 0 Å². The van der Waals surface area contributed by atoms with E-state index in [0.717, 1.165) is 0 Å². The number of primary amides is 1. The van der Waals surface area contributed by atoms with Gasteiger partial charge in [-0.05, 0) is 0 Å². The summed E-state index contributed by atoms with van der Waals surface area (Å²) in [6, 6.07) is -0.901. The molecule has 0 saturated heterocycles. The zero-order valence-electron chi connectivity index (χ0n) is 11.4. The van der Waals surface area contributed by atoms with Gasteiger partial charge in [-0.3, -0.25) is 14.4 Å². The number of hydrogen-bond donors (Lipinski definition) is 6. The first-order chi connectivity index (χ1) is 9.85. The van der Waals surface area contributed by atoms with Crippen molar-refractivity contribution < 1.29 is 24.6 Å². The van der Waals surface area contributed by atoms with Crippen molar-refractivity contribution in [1.29, 1.82) is 0 Å². The van der Waals surface area contributed by atoms with Crippen molar-refractivity contribution in [2.45, 2.75) is 31.1 Å². The molecule has 9 heteroatoms. The Bertz CT molecular complexity index is 451. The molecule has 0 bridgehead atoms. The van der Waals surface area contributed by atoms with Crippen molar-refractivity contribution in [1.82, 2.24) is 10.6 Å². The number of aliphatic hydroxyl groups excluding tert-OH is 2. The average Bonchev–Trinajstić information content (AvgIpc) is 2.41. The topological polar surface area (TPSA) is 168 Å². The Balaban J connectivity index is 2.76. The minimum absolute atomic E-state index is 0.0658. The van der Waals surface area contributed by atoms with Crippen molar-refractivity contribution in [2.24, 2.45) is 11.5 Å². The number of rotatable bonds is 6. The summed E-state index contributed by atoms with van der Waals surface area (Å²) in [7, 11) is 0.